The highest BCUT2D eigenvalue weighted by Gasteiger charge is 2.27. The maximum absolute atomic E-state index is 11.1. The SMILES string of the molecule is CC(CO)(CO)NC1CCS(=O)CC1. The van der Waals surface area contributed by atoms with Crippen molar-refractivity contribution in [2.24, 2.45) is 0 Å². The van der Waals surface area contributed by atoms with Gasteiger partial charge in [-0.2, -0.15) is 0 Å². The summed E-state index contributed by atoms with van der Waals surface area (Å²) < 4.78 is 11.1. The molecule has 0 saturated carbocycles. The lowest BCUT2D eigenvalue weighted by atomic mass is 10.0. The predicted molar refractivity (Wildman–Crippen MR) is 56.6 cm³/mol. The van der Waals surface area contributed by atoms with Gasteiger partial charge in [0.2, 0.25) is 0 Å². The zero-order valence-electron chi connectivity index (χ0n) is 8.53. The Bertz CT molecular complexity index is 196. The average Bonchev–Trinajstić information content (AvgIpc) is 2.21. The van der Waals surface area contributed by atoms with E-state index in [0.29, 0.717) is 0 Å². The second-order valence-corrected chi connectivity index (χ2v) is 5.84. The molecule has 1 fully saturated rings. The van der Waals surface area contributed by atoms with Crippen LogP contribution in [-0.2, 0) is 10.8 Å². The van der Waals surface area contributed by atoms with Crippen molar-refractivity contribution in [3.8, 4) is 0 Å². The van der Waals surface area contributed by atoms with Gasteiger partial charge in [-0.3, -0.25) is 4.21 Å². The van der Waals surface area contributed by atoms with Crippen molar-refractivity contribution in [3.63, 3.8) is 0 Å². The molecule has 0 radical (unpaired) electrons. The van der Waals surface area contributed by atoms with Crippen LogP contribution in [0.15, 0.2) is 0 Å². The molecule has 0 amide bonds. The number of hydrogen-bond donors (Lipinski definition) is 3. The zero-order chi connectivity index (χ0) is 10.6. The quantitative estimate of drug-likeness (QED) is 0.583. The number of rotatable bonds is 4. The minimum atomic E-state index is -0.658. The Morgan fingerprint density at radius 3 is 2.29 bits per heavy atom. The number of hydrogen-bond acceptors (Lipinski definition) is 4. The molecule has 1 aliphatic heterocycles. The fraction of sp³-hybridized carbons (Fsp3) is 1.00. The summed E-state index contributed by atoms with van der Waals surface area (Å²) in [5.41, 5.74) is -0.608. The largest absolute Gasteiger partial charge is 0.394 e. The summed E-state index contributed by atoms with van der Waals surface area (Å²) in [4.78, 5) is 0. The Labute approximate surface area is 87.2 Å². The third-order valence-electron chi connectivity index (χ3n) is 2.64. The summed E-state index contributed by atoms with van der Waals surface area (Å²) >= 11 is 0. The molecule has 1 saturated heterocycles. The van der Waals surface area contributed by atoms with E-state index in [-0.39, 0.29) is 19.3 Å². The molecule has 4 nitrogen and oxygen atoms in total. The van der Waals surface area contributed by atoms with E-state index in [4.69, 9.17) is 10.2 Å². The van der Waals surface area contributed by atoms with Gasteiger partial charge in [0.1, 0.15) is 0 Å². The van der Waals surface area contributed by atoms with E-state index < -0.39 is 16.3 Å². The van der Waals surface area contributed by atoms with Crippen LogP contribution >= 0.6 is 0 Å². The van der Waals surface area contributed by atoms with Crippen LogP contribution in [0.25, 0.3) is 0 Å². The summed E-state index contributed by atoms with van der Waals surface area (Å²) in [6.45, 7) is 1.63. The van der Waals surface area contributed by atoms with E-state index >= 15 is 0 Å². The summed E-state index contributed by atoms with van der Waals surface area (Å²) in [5.74, 6) is 1.45. The third kappa shape index (κ3) is 3.31. The lowest BCUT2D eigenvalue weighted by Gasteiger charge is -2.33. The van der Waals surface area contributed by atoms with E-state index in [0.717, 1.165) is 24.3 Å². The van der Waals surface area contributed by atoms with Gasteiger partial charge in [0.25, 0.3) is 0 Å². The summed E-state index contributed by atoms with van der Waals surface area (Å²) in [7, 11) is -0.658. The second-order valence-electron chi connectivity index (χ2n) is 4.14. The molecule has 0 unspecified atom stereocenters. The van der Waals surface area contributed by atoms with Crippen LogP contribution in [0, 0.1) is 0 Å². The van der Waals surface area contributed by atoms with Crippen LogP contribution in [0.1, 0.15) is 19.8 Å². The first-order chi connectivity index (χ1) is 6.59. The van der Waals surface area contributed by atoms with Gasteiger partial charge >= 0.3 is 0 Å². The highest BCUT2D eigenvalue weighted by atomic mass is 32.2. The molecule has 0 atom stereocenters. The van der Waals surface area contributed by atoms with Gasteiger partial charge in [-0.1, -0.05) is 0 Å². The maximum atomic E-state index is 11.1. The van der Waals surface area contributed by atoms with Crippen molar-refractivity contribution >= 4 is 10.8 Å². The van der Waals surface area contributed by atoms with E-state index in [1.807, 2.05) is 0 Å². The van der Waals surface area contributed by atoms with Gasteiger partial charge in [0.05, 0.1) is 18.8 Å². The fourth-order valence-corrected chi connectivity index (χ4v) is 2.87. The highest BCUT2D eigenvalue weighted by molar-refractivity contribution is 7.85. The smallest absolute Gasteiger partial charge is 0.0633 e. The average molecular weight is 221 g/mol. The topological polar surface area (TPSA) is 69.6 Å². The van der Waals surface area contributed by atoms with E-state index in [2.05, 4.69) is 5.32 Å². The Kier molecular flexibility index (Phi) is 4.50. The van der Waals surface area contributed by atoms with Crippen molar-refractivity contribution in [2.45, 2.75) is 31.3 Å². The molecule has 5 heteroatoms. The molecule has 0 aromatic rings. The van der Waals surface area contributed by atoms with Crippen molar-refractivity contribution in [1.29, 1.82) is 0 Å². The highest BCUT2D eigenvalue weighted by Crippen LogP contribution is 2.13. The number of aliphatic hydroxyl groups excluding tert-OH is 2. The van der Waals surface area contributed by atoms with Crippen molar-refractivity contribution in [1.82, 2.24) is 5.32 Å². The molecule has 0 aromatic carbocycles. The minimum absolute atomic E-state index is 0.0803. The van der Waals surface area contributed by atoms with Gasteiger partial charge in [0, 0.05) is 28.3 Å². The van der Waals surface area contributed by atoms with Crippen LogP contribution in [0.4, 0.5) is 0 Å². The van der Waals surface area contributed by atoms with Crippen molar-refractivity contribution in [3.05, 3.63) is 0 Å². The zero-order valence-corrected chi connectivity index (χ0v) is 9.35. The minimum Gasteiger partial charge on any atom is -0.394 e. The molecule has 84 valence electrons. The first kappa shape index (κ1) is 12.1. The van der Waals surface area contributed by atoms with Gasteiger partial charge in [-0.05, 0) is 19.8 Å². The number of aliphatic hydroxyl groups is 2. The molecule has 1 rings (SSSR count). The summed E-state index contributed by atoms with van der Waals surface area (Å²) in [6, 6.07) is 0.275. The van der Waals surface area contributed by atoms with Gasteiger partial charge < -0.3 is 15.5 Å². The second kappa shape index (κ2) is 5.21. The molecule has 1 heterocycles. The lowest BCUT2D eigenvalue weighted by Crippen LogP contribution is -2.54. The Morgan fingerprint density at radius 2 is 1.86 bits per heavy atom. The monoisotopic (exact) mass is 221 g/mol. The molecular formula is C9H19NO3S. The van der Waals surface area contributed by atoms with Crippen LogP contribution in [0.2, 0.25) is 0 Å². The molecular weight excluding hydrogens is 202 g/mol. The van der Waals surface area contributed by atoms with E-state index in [1.165, 1.54) is 0 Å². The molecule has 1 aliphatic rings. The normalized spacial score (nSPS) is 29.1. The predicted octanol–water partition coefficient (Wildman–Crippen LogP) is -0.770. The Morgan fingerprint density at radius 1 is 1.36 bits per heavy atom. The van der Waals surface area contributed by atoms with Crippen LogP contribution in [0.3, 0.4) is 0 Å². The van der Waals surface area contributed by atoms with Crippen LogP contribution < -0.4 is 5.32 Å². The van der Waals surface area contributed by atoms with Gasteiger partial charge in [-0.25, -0.2) is 0 Å². The molecule has 3 N–H and O–H groups in total. The van der Waals surface area contributed by atoms with Crippen LogP contribution in [0.5, 0.6) is 0 Å². The third-order valence-corrected chi connectivity index (χ3v) is 4.02. The van der Waals surface area contributed by atoms with Gasteiger partial charge in [0.15, 0.2) is 0 Å². The van der Waals surface area contributed by atoms with E-state index in [9.17, 15) is 4.21 Å². The summed E-state index contributed by atoms with van der Waals surface area (Å²) in [5, 5.41) is 21.4. The molecule has 0 bridgehead atoms. The fourth-order valence-electron chi connectivity index (χ4n) is 1.57. The van der Waals surface area contributed by atoms with E-state index in [1.54, 1.807) is 6.92 Å². The molecule has 0 aliphatic carbocycles. The lowest BCUT2D eigenvalue weighted by molar-refractivity contribution is 0.0925. The molecule has 14 heavy (non-hydrogen) atoms. The standard InChI is InChI=1S/C9H19NO3S/c1-9(6-11,7-12)10-8-2-4-14(13)5-3-8/h8,10-12H,2-7H2,1H3. The molecule has 0 aromatic heterocycles. The van der Waals surface area contributed by atoms with Crippen LogP contribution in [-0.4, -0.2) is 50.7 Å². The first-order valence-electron chi connectivity index (χ1n) is 4.94. The van der Waals surface area contributed by atoms with Crippen molar-refractivity contribution < 1.29 is 14.4 Å². The Balaban J connectivity index is 2.40. The Hall–Kier alpha value is 0.0300. The van der Waals surface area contributed by atoms with Gasteiger partial charge in [-0.15, -0.1) is 0 Å². The maximum Gasteiger partial charge on any atom is 0.0633 e. The van der Waals surface area contributed by atoms with Crippen molar-refractivity contribution in [2.75, 3.05) is 24.7 Å². The molecule has 0 spiro atoms. The number of nitrogens with one attached hydrogen (secondary N) is 1. The first-order valence-corrected chi connectivity index (χ1v) is 6.43. The summed E-state index contributed by atoms with van der Waals surface area (Å²) in [6.07, 6.45) is 1.73.